The molecule has 0 aromatic heterocycles. The van der Waals surface area contributed by atoms with Crippen molar-refractivity contribution in [2.75, 3.05) is 25.6 Å². The fraction of sp³-hybridized carbons (Fsp3) is 0.312. The molecule has 0 radical (unpaired) electrons. The number of ether oxygens (including phenoxy) is 2. The third-order valence-electron chi connectivity index (χ3n) is 2.76. The lowest BCUT2D eigenvalue weighted by atomic mass is 10.2. The lowest BCUT2D eigenvalue weighted by Gasteiger charge is -2.13. The number of benzene rings is 1. The van der Waals surface area contributed by atoms with E-state index in [4.69, 9.17) is 25.4 Å². The van der Waals surface area contributed by atoms with Crippen molar-refractivity contribution in [3.8, 4) is 11.5 Å². The van der Waals surface area contributed by atoms with Gasteiger partial charge in [-0.05, 0) is 19.1 Å². The number of rotatable bonds is 10. The molecule has 0 saturated carbocycles. The summed E-state index contributed by atoms with van der Waals surface area (Å²) < 4.78 is 10.4. The van der Waals surface area contributed by atoms with Gasteiger partial charge in [-0.1, -0.05) is 0 Å². The molecule has 29 heavy (non-hydrogen) atoms. The SMILES string of the molecule is COc1ccc(OCCO[N+](=O)[O-])cc1NC(=O)C(C)N.O=C(O)C=CC(=O)O. The summed E-state index contributed by atoms with van der Waals surface area (Å²) in [5.41, 5.74) is 5.87. The largest absolute Gasteiger partial charge is 0.495 e. The maximum Gasteiger partial charge on any atom is 0.328 e. The van der Waals surface area contributed by atoms with Crippen LogP contribution in [0.2, 0.25) is 0 Å². The van der Waals surface area contributed by atoms with Gasteiger partial charge < -0.3 is 35.6 Å². The average molecular weight is 415 g/mol. The number of nitrogens with one attached hydrogen (secondary N) is 1. The molecule has 13 nitrogen and oxygen atoms in total. The molecule has 13 heteroatoms. The molecule has 0 heterocycles. The first-order valence-electron chi connectivity index (χ1n) is 7.85. The van der Waals surface area contributed by atoms with Crippen LogP contribution in [0.1, 0.15) is 6.92 Å². The molecule has 5 N–H and O–H groups in total. The number of nitrogens with zero attached hydrogens (tertiary/aromatic N) is 1. The van der Waals surface area contributed by atoms with Crippen LogP contribution in [0.5, 0.6) is 11.5 Å². The normalized spacial score (nSPS) is 10.9. The van der Waals surface area contributed by atoms with Gasteiger partial charge >= 0.3 is 11.9 Å². The highest BCUT2D eigenvalue weighted by Crippen LogP contribution is 2.29. The van der Waals surface area contributed by atoms with Gasteiger partial charge in [-0.25, -0.2) is 9.59 Å². The summed E-state index contributed by atoms with van der Waals surface area (Å²) in [5.74, 6) is -2.04. The van der Waals surface area contributed by atoms with Crippen molar-refractivity contribution in [1.29, 1.82) is 0 Å². The van der Waals surface area contributed by atoms with Crippen molar-refractivity contribution < 1.29 is 44.0 Å². The third kappa shape index (κ3) is 12.2. The van der Waals surface area contributed by atoms with Crippen molar-refractivity contribution in [2.24, 2.45) is 5.73 Å². The summed E-state index contributed by atoms with van der Waals surface area (Å²) in [6.45, 7) is 1.35. The van der Waals surface area contributed by atoms with Gasteiger partial charge in [0.25, 0.3) is 5.09 Å². The molecule has 1 aromatic carbocycles. The molecular formula is C16H21N3O10. The predicted octanol–water partition coefficient (Wildman–Crippen LogP) is 0.280. The first-order chi connectivity index (χ1) is 13.6. The number of aliphatic carboxylic acids is 2. The maximum absolute atomic E-state index is 11.6. The highest BCUT2D eigenvalue weighted by molar-refractivity contribution is 5.95. The monoisotopic (exact) mass is 415 g/mol. The van der Waals surface area contributed by atoms with Gasteiger partial charge in [-0.3, -0.25) is 4.79 Å². The van der Waals surface area contributed by atoms with Crippen LogP contribution >= 0.6 is 0 Å². The van der Waals surface area contributed by atoms with E-state index in [0.29, 0.717) is 29.3 Å². The first kappa shape index (κ1) is 25.1. The topological polar surface area (TPSA) is 201 Å². The Bertz CT molecular complexity index is 732. The van der Waals surface area contributed by atoms with Crippen LogP contribution in [0.25, 0.3) is 0 Å². The number of hydrogen-bond acceptors (Lipinski definition) is 9. The number of carboxylic acids is 2. The zero-order chi connectivity index (χ0) is 22.4. The number of carboxylic acid groups (broad SMARTS) is 2. The van der Waals surface area contributed by atoms with Crippen LogP contribution in [-0.2, 0) is 19.2 Å². The summed E-state index contributed by atoms with van der Waals surface area (Å²) >= 11 is 0. The van der Waals surface area contributed by atoms with E-state index in [2.05, 4.69) is 10.2 Å². The molecule has 1 atom stereocenters. The van der Waals surface area contributed by atoms with Gasteiger partial charge in [-0.2, -0.15) is 0 Å². The van der Waals surface area contributed by atoms with Crippen molar-refractivity contribution in [2.45, 2.75) is 13.0 Å². The fourth-order valence-corrected chi connectivity index (χ4v) is 1.54. The Balaban J connectivity index is 0.000000828. The zero-order valence-corrected chi connectivity index (χ0v) is 15.6. The summed E-state index contributed by atoms with van der Waals surface area (Å²) in [6, 6.07) is 4.06. The van der Waals surface area contributed by atoms with Crippen LogP contribution in [0.4, 0.5) is 5.69 Å². The minimum absolute atomic E-state index is 0.00597. The number of anilines is 1. The Morgan fingerprint density at radius 1 is 1.24 bits per heavy atom. The van der Waals surface area contributed by atoms with Crippen molar-refractivity contribution in [3.05, 3.63) is 40.5 Å². The van der Waals surface area contributed by atoms with Gasteiger partial charge in [0.15, 0.2) is 0 Å². The molecule has 0 bridgehead atoms. The van der Waals surface area contributed by atoms with Gasteiger partial charge in [0.05, 0.1) is 18.8 Å². The van der Waals surface area contributed by atoms with Gasteiger partial charge in [0.2, 0.25) is 5.91 Å². The highest BCUT2D eigenvalue weighted by atomic mass is 17.0. The molecule has 1 unspecified atom stereocenters. The molecular weight excluding hydrogens is 394 g/mol. The van der Waals surface area contributed by atoms with E-state index in [1.807, 2.05) is 0 Å². The van der Waals surface area contributed by atoms with Crippen LogP contribution in [0.15, 0.2) is 30.4 Å². The summed E-state index contributed by atoms with van der Waals surface area (Å²) in [7, 11) is 1.46. The molecule has 160 valence electrons. The van der Waals surface area contributed by atoms with E-state index in [1.165, 1.54) is 13.2 Å². The number of nitrogens with two attached hydrogens (primary N) is 1. The van der Waals surface area contributed by atoms with Crippen molar-refractivity contribution in [1.82, 2.24) is 0 Å². The van der Waals surface area contributed by atoms with Crippen LogP contribution in [0, 0.1) is 10.1 Å². The highest BCUT2D eigenvalue weighted by Gasteiger charge is 2.12. The Morgan fingerprint density at radius 2 is 1.83 bits per heavy atom. The van der Waals surface area contributed by atoms with Crippen LogP contribution in [-0.4, -0.2) is 59.5 Å². The minimum atomic E-state index is -1.26. The second-order valence-electron chi connectivity index (χ2n) is 5.06. The standard InChI is InChI=1S/C12H17N3O6.C4H4O4/c1-8(13)12(16)14-10-7-9(3-4-11(10)19-2)20-5-6-21-15(17)18;5-3(6)1-2-4(7)8/h3-4,7-8H,5-6,13H2,1-2H3,(H,14,16);1-2H,(H,5,6)(H,7,8). The van der Waals surface area contributed by atoms with Gasteiger partial charge in [0, 0.05) is 18.2 Å². The first-order valence-corrected chi connectivity index (χ1v) is 7.85. The quantitative estimate of drug-likeness (QED) is 0.177. The zero-order valence-electron chi connectivity index (χ0n) is 15.6. The third-order valence-corrected chi connectivity index (χ3v) is 2.76. The number of amides is 1. The van der Waals surface area contributed by atoms with E-state index in [0.717, 1.165) is 0 Å². The number of methoxy groups -OCH3 is 1. The lowest BCUT2D eigenvalue weighted by molar-refractivity contribution is -0.757. The van der Waals surface area contributed by atoms with Gasteiger partial charge in [0.1, 0.15) is 24.7 Å². The Kier molecular flexibility index (Phi) is 11.5. The maximum atomic E-state index is 11.6. The van der Waals surface area contributed by atoms with Crippen LogP contribution in [0.3, 0.4) is 0 Å². The smallest absolute Gasteiger partial charge is 0.328 e. The number of carbonyl (C=O) groups excluding carboxylic acids is 1. The second kappa shape index (κ2) is 13.3. The molecule has 0 aliphatic carbocycles. The summed E-state index contributed by atoms with van der Waals surface area (Å²) in [4.78, 5) is 44.8. The Morgan fingerprint density at radius 3 is 2.28 bits per heavy atom. The predicted molar refractivity (Wildman–Crippen MR) is 98.1 cm³/mol. The average Bonchev–Trinajstić information content (AvgIpc) is 2.64. The van der Waals surface area contributed by atoms with Crippen molar-refractivity contribution in [3.63, 3.8) is 0 Å². The fourth-order valence-electron chi connectivity index (χ4n) is 1.54. The van der Waals surface area contributed by atoms with E-state index in [1.54, 1.807) is 19.1 Å². The molecule has 1 aromatic rings. The molecule has 0 aliphatic rings. The summed E-state index contributed by atoms with van der Waals surface area (Å²) in [5, 5.41) is 27.3. The molecule has 0 aliphatic heterocycles. The minimum Gasteiger partial charge on any atom is -0.495 e. The van der Waals surface area contributed by atoms with Crippen molar-refractivity contribution >= 4 is 23.5 Å². The summed E-state index contributed by atoms with van der Waals surface area (Å²) in [6.07, 6.45) is 1.12. The van der Waals surface area contributed by atoms with E-state index in [-0.39, 0.29) is 19.1 Å². The van der Waals surface area contributed by atoms with E-state index < -0.39 is 23.1 Å². The molecule has 0 fully saturated rings. The molecule has 0 spiro atoms. The van der Waals surface area contributed by atoms with E-state index in [9.17, 15) is 24.5 Å². The second-order valence-corrected chi connectivity index (χ2v) is 5.06. The van der Waals surface area contributed by atoms with Gasteiger partial charge in [-0.15, -0.1) is 10.1 Å². The number of hydrogen-bond donors (Lipinski definition) is 4. The Hall–Kier alpha value is -3.87. The Labute approximate surface area is 164 Å². The molecule has 1 amide bonds. The van der Waals surface area contributed by atoms with Crippen LogP contribution < -0.4 is 20.5 Å². The number of carbonyl (C=O) groups is 3. The molecule has 0 saturated heterocycles. The molecule has 1 rings (SSSR count). The van der Waals surface area contributed by atoms with E-state index >= 15 is 0 Å². The lowest BCUT2D eigenvalue weighted by Crippen LogP contribution is -2.32.